The number of aliphatic hydroxyl groups excluding tert-OH is 2. The summed E-state index contributed by atoms with van der Waals surface area (Å²) in [5.74, 6) is -6.69. The number of piperazine rings is 2. The van der Waals surface area contributed by atoms with Crippen LogP contribution in [0.1, 0.15) is 89.4 Å². The molecule has 22 heteroatoms. The Morgan fingerprint density at radius 2 is 1.57 bits per heavy atom. The second-order valence-corrected chi connectivity index (χ2v) is 25.2. The van der Waals surface area contributed by atoms with Gasteiger partial charge in [-0.1, -0.05) is 84.0 Å². The highest BCUT2D eigenvalue weighted by Crippen LogP contribution is 2.49. The summed E-state index contributed by atoms with van der Waals surface area (Å²) in [6.45, 7) is 24.8. The van der Waals surface area contributed by atoms with E-state index >= 15 is 4.79 Å². The van der Waals surface area contributed by atoms with Crippen molar-refractivity contribution in [1.82, 2.24) is 29.2 Å². The minimum atomic E-state index is -2.12. The zero-order valence-electron chi connectivity index (χ0n) is 53.2. The standard InChI is InChI=1S/C68H84N8O14/c1-38(2)33-72-22-26-75(27-23-72)48-31-50(86-36-47-17-15-46(16-18-47)34-73-24-28-76(29-25-73)52(78)35-74-21-20-69-37-74)56-51(32-48)89-65-57(70-56)53-54-61(81)44(8)64-55(53)66(83)68(10,90-64)87-30-19-49(85-11)41(5)63(88-45(9)77)43(7)60(80)42(6)59(79)39(3)13-12-14-40(4)67(84)71-58(65)62(54)82/h12-21,30-32,37-39,41-43,49,59-60,63,79-80,82H,22-29,33-36H2,1-11H3,(H,71,84)/b13-12+,30-19+,40-14-/t39-,41+,42+,43+,49-,59-,60+,63+,68-/m0/s1. The fourth-order valence-electron chi connectivity index (χ4n) is 12.8. The largest absolute Gasteiger partial charge is 0.505 e. The molecule has 2 fully saturated rings. The molecular weight excluding hydrogens is 1150 g/mol. The first kappa shape index (κ1) is 64.8. The van der Waals surface area contributed by atoms with Crippen LogP contribution in [0.5, 0.6) is 17.2 Å². The first-order chi connectivity index (χ1) is 42.9. The van der Waals surface area contributed by atoms with Gasteiger partial charge in [0.2, 0.25) is 5.91 Å². The lowest BCUT2D eigenvalue weighted by Gasteiger charge is -2.38. The van der Waals surface area contributed by atoms with E-state index in [1.165, 1.54) is 46.3 Å². The number of rotatable bonds is 12. The first-order valence-corrected chi connectivity index (χ1v) is 31.0. The molecule has 0 saturated carbocycles. The van der Waals surface area contributed by atoms with Crippen LogP contribution in [0.25, 0.3) is 33.0 Å². The van der Waals surface area contributed by atoms with Crippen LogP contribution in [-0.4, -0.2) is 164 Å². The van der Waals surface area contributed by atoms with Gasteiger partial charge in [-0.15, -0.1) is 0 Å². The van der Waals surface area contributed by atoms with Crippen LogP contribution < -0.4 is 25.1 Å². The topological polar surface area (TPSA) is 261 Å². The number of nitrogens with zero attached hydrogens (tertiary/aromatic N) is 7. The summed E-state index contributed by atoms with van der Waals surface area (Å²) in [6, 6.07) is 11.9. The van der Waals surface area contributed by atoms with E-state index in [0.29, 0.717) is 44.4 Å². The van der Waals surface area contributed by atoms with Crippen LogP contribution >= 0.6 is 0 Å². The summed E-state index contributed by atoms with van der Waals surface area (Å²) in [6.07, 6.45) is 8.64. The predicted octanol–water partition coefficient (Wildman–Crippen LogP) is 7.90. The van der Waals surface area contributed by atoms with Crippen molar-refractivity contribution >= 4 is 67.9 Å². The van der Waals surface area contributed by atoms with E-state index in [1.54, 1.807) is 70.1 Å². The molecule has 4 bridgehead atoms. The molecular formula is C68H84N8O14. The number of fused-ring (bicyclic) bond motifs is 2. The fourth-order valence-corrected chi connectivity index (χ4v) is 12.8. The van der Waals surface area contributed by atoms with Gasteiger partial charge in [0.1, 0.15) is 41.7 Å². The lowest BCUT2D eigenvalue weighted by molar-refractivity contribution is -0.160. The number of aromatic hydroxyl groups is 1. The monoisotopic (exact) mass is 1240 g/mol. The number of esters is 1. The van der Waals surface area contributed by atoms with Crippen molar-refractivity contribution in [2.45, 2.75) is 119 Å². The SMILES string of the molecule is CO[C@H]1/C=C/O[C@@]2(C)Oc3c(C)c(=O)c4c(O)c(c5oc6cc(N7CCN(CC(C)C)CC7)cc(OCc7ccc(CN8CCN(C(=O)Cn9ccnc9)CC8)cc7)c6nc5c4c3C2=O)NC(=O)/C(C)=C\C=C\[C@H](C)[C@H](O)[C@@H](C)[C@@H](O)[C@@H](C)[C@H](OC(C)=O)[C@@H]1C. The van der Waals surface area contributed by atoms with Crippen molar-refractivity contribution in [1.29, 1.82) is 0 Å². The molecule has 4 aliphatic heterocycles. The van der Waals surface area contributed by atoms with Crippen LogP contribution in [0.3, 0.4) is 0 Å². The Kier molecular flexibility index (Phi) is 19.5. The van der Waals surface area contributed by atoms with Gasteiger partial charge in [0.05, 0.1) is 41.9 Å². The summed E-state index contributed by atoms with van der Waals surface area (Å²) in [7, 11) is 1.45. The predicted molar refractivity (Wildman–Crippen MR) is 340 cm³/mol. The number of carbonyl (C=O) groups excluding carboxylic acids is 4. The second kappa shape index (κ2) is 27.1. The van der Waals surface area contributed by atoms with E-state index in [-0.39, 0.29) is 80.2 Å². The third kappa shape index (κ3) is 13.5. The van der Waals surface area contributed by atoms with Crippen molar-refractivity contribution in [3.05, 3.63) is 124 Å². The Morgan fingerprint density at radius 3 is 2.23 bits per heavy atom. The Morgan fingerprint density at radius 1 is 0.867 bits per heavy atom. The number of ketones is 1. The Labute approximate surface area is 523 Å². The number of methoxy groups -OCH3 is 1. The molecule has 4 aromatic carbocycles. The molecule has 10 rings (SSSR count). The molecule has 22 nitrogen and oxygen atoms in total. The van der Waals surface area contributed by atoms with Crippen molar-refractivity contribution in [2.75, 3.05) is 76.2 Å². The summed E-state index contributed by atoms with van der Waals surface area (Å²) in [5, 5.41) is 38.4. The third-order valence-corrected chi connectivity index (χ3v) is 18.2. The normalized spacial score (nSPS) is 26.4. The van der Waals surface area contributed by atoms with Crippen LogP contribution in [-0.2, 0) is 48.3 Å². The quantitative estimate of drug-likeness (QED) is 0.0393. The zero-order chi connectivity index (χ0) is 64.5. The number of aromatic nitrogens is 3. The Hall–Kier alpha value is -8.15. The van der Waals surface area contributed by atoms with Crippen LogP contribution in [0.2, 0.25) is 0 Å². The van der Waals surface area contributed by atoms with Gasteiger partial charge in [0, 0.05) is 157 Å². The van der Waals surface area contributed by atoms with Crippen molar-refractivity contribution in [3.8, 4) is 17.2 Å². The number of ether oxygens (including phenoxy) is 5. The number of imidazole rings is 1. The van der Waals surface area contributed by atoms with E-state index in [1.807, 2.05) is 29.2 Å². The molecule has 4 aliphatic rings. The lowest BCUT2D eigenvalue weighted by Crippen LogP contribution is -2.49. The van der Waals surface area contributed by atoms with Crippen LogP contribution in [0.4, 0.5) is 11.4 Å². The highest BCUT2D eigenvalue weighted by atomic mass is 16.7. The number of benzene rings is 4. The van der Waals surface area contributed by atoms with Crippen molar-refractivity contribution in [2.24, 2.45) is 29.6 Å². The molecule has 2 aromatic heterocycles. The molecule has 6 aromatic rings. The van der Waals surface area contributed by atoms with E-state index in [0.717, 1.165) is 49.5 Å². The third-order valence-electron chi connectivity index (χ3n) is 18.2. The van der Waals surface area contributed by atoms with E-state index < -0.39 is 82.7 Å². The number of allylic oxidation sites excluding steroid dienone is 2. The lowest BCUT2D eigenvalue weighted by atomic mass is 9.78. The van der Waals surface area contributed by atoms with Crippen LogP contribution in [0.15, 0.2) is 100 Å². The molecule has 480 valence electrons. The molecule has 0 radical (unpaired) electrons. The van der Waals surface area contributed by atoms with Gasteiger partial charge in [-0.2, -0.15) is 0 Å². The maximum Gasteiger partial charge on any atom is 0.312 e. The van der Waals surface area contributed by atoms with Gasteiger partial charge in [0.25, 0.3) is 11.7 Å². The summed E-state index contributed by atoms with van der Waals surface area (Å²) >= 11 is 0. The molecule has 4 N–H and O–H groups in total. The number of carbonyl (C=O) groups is 4. The fraction of sp³-hybridized carbons (Fsp3) is 0.485. The maximum absolute atomic E-state index is 15.3. The molecule has 90 heavy (non-hydrogen) atoms. The number of aliphatic hydroxyl groups is 2. The second-order valence-electron chi connectivity index (χ2n) is 25.2. The average Bonchev–Trinajstić information content (AvgIpc) is 1.35. The average molecular weight is 1240 g/mol. The van der Waals surface area contributed by atoms with E-state index in [9.17, 15) is 34.5 Å². The number of hydrogen-bond acceptors (Lipinski definition) is 19. The Balaban J connectivity index is 1.06. The van der Waals surface area contributed by atoms with Crippen LogP contribution in [0, 0.1) is 36.5 Å². The minimum Gasteiger partial charge on any atom is -0.505 e. The molecule has 0 aliphatic carbocycles. The number of amides is 2. The number of hydrogen-bond donors (Lipinski definition) is 4. The highest BCUT2D eigenvalue weighted by Gasteiger charge is 2.50. The molecule has 9 atom stereocenters. The molecule has 0 unspecified atom stereocenters. The summed E-state index contributed by atoms with van der Waals surface area (Å²) in [4.78, 5) is 88.5. The highest BCUT2D eigenvalue weighted by molar-refractivity contribution is 6.26. The maximum atomic E-state index is 15.3. The number of anilines is 2. The van der Waals surface area contributed by atoms with Gasteiger partial charge in [-0.3, -0.25) is 33.8 Å². The summed E-state index contributed by atoms with van der Waals surface area (Å²) in [5.41, 5.74) is 1.91. The summed E-state index contributed by atoms with van der Waals surface area (Å²) < 4.78 is 39.9. The van der Waals surface area contributed by atoms with E-state index in [2.05, 4.69) is 51.0 Å². The number of phenolic OH excluding ortho intramolecular Hbond substituents is 1. The molecule has 6 heterocycles. The van der Waals surface area contributed by atoms with Gasteiger partial charge >= 0.3 is 11.8 Å². The first-order valence-electron chi connectivity index (χ1n) is 31.0. The van der Waals surface area contributed by atoms with E-state index in [4.69, 9.17) is 33.1 Å². The van der Waals surface area contributed by atoms with Gasteiger partial charge < -0.3 is 63.1 Å². The Bertz CT molecular complexity index is 3810. The molecule has 2 saturated heterocycles. The zero-order valence-corrected chi connectivity index (χ0v) is 53.2. The van der Waals surface area contributed by atoms with Gasteiger partial charge in [-0.05, 0) is 37.0 Å². The number of Topliss-reactive ketones (excluding diaryl/α,β-unsaturated/α-hetero) is 1. The smallest absolute Gasteiger partial charge is 0.312 e. The van der Waals surface area contributed by atoms with Crippen molar-refractivity contribution < 1.29 is 62.6 Å². The van der Waals surface area contributed by atoms with Gasteiger partial charge in [-0.25, -0.2) is 9.97 Å². The number of phenols is 1. The molecule has 2 amide bonds. The molecule has 0 spiro atoms. The minimum absolute atomic E-state index is 0.0334. The number of nitrogens with one attached hydrogen (secondary N) is 1. The van der Waals surface area contributed by atoms with Crippen molar-refractivity contribution in [3.63, 3.8) is 0 Å². The van der Waals surface area contributed by atoms with Gasteiger partial charge in [0.15, 0.2) is 28.1 Å².